The van der Waals surface area contributed by atoms with E-state index >= 15 is 0 Å². The molecule has 4 rings (SSSR count). The van der Waals surface area contributed by atoms with Gasteiger partial charge in [-0.05, 0) is 17.7 Å². The Morgan fingerprint density at radius 2 is 1.83 bits per heavy atom. The lowest BCUT2D eigenvalue weighted by Gasteiger charge is -2.30. The van der Waals surface area contributed by atoms with Crippen LogP contribution in [-0.4, -0.2) is 46.7 Å². The van der Waals surface area contributed by atoms with Gasteiger partial charge in [0.1, 0.15) is 5.25 Å². The number of thioether (sulfide) groups is 1. The number of benzene rings is 2. The van der Waals surface area contributed by atoms with Gasteiger partial charge in [-0.15, -0.1) is 6.58 Å². The average Bonchev–Trinajstić information content (AvgIpc) is 2.80. The number of allylic oxidation sites excluding steroid dienone is 1. The molecule has 0 unspecified atom stereocenters. The summed E-state index contributed by atoms with van der Waals surface area (Å²) in [6.07, 6.45) is 1.67. The highest BCUT2D eigenvalue weighted by atomic mass is 32.2. The lowest BCUT2D eigenvalue weighted by atomic mass is 10.1. The number of nitrogens with zero attached hydrogens (tertiary/aromatic N) is 3. The van der Waals surface area contributed by atoms with Gasteiger partial charge in [0.2, 0.25) is 5.91 Å². The first-order chi connectivity index (χ1) is 14.7. The quantitative estimate of drug-likeness (QED) is 0.347. The van der Waals surface area contributed by atoms with E-state index in [1.807, 2.05) is 53.4 Å². The minimum atomic E-state index is -0.506. The first-order valence-corrected chi connectivity index (χ1v) is 10.8. The molecule has 0 saturated carbocycles. The van der Waals surface area contributed by atoms with E-state index in [2.05, 4.69) is 6.58 Å². The highest BCUT2D eigenvalue weighted by molar-refractivity contribution is 8.00. The molecule has 1 aliphatic rings. The van der Waals surface area contributed by atoms with Crippen LogP contribution in [0.15, 0.2) is 77.2 Å². The zero-order chi connectivity index (χ0) is 20.9. The van der Waals surface area contributed by atoms with Gasteiger partial charge in [0.15, 0.2) is 5.16 Å². The Morgan fingerprint density at radius 1 is 1.13 bits per heavy atom. The lowest BCUT2D eigenvalue weighted by Crippen LogP contribution is -2.42. The molecule has 2 heterocycles. The zero-order valence-corrected chi connectivity index (χ0v) is 17.4. The van der Waals surface area contributed by atoms with Crippen LogP contribution in [0.2, 0.25) is 0 Å². The third-order valence-corrected chi connectivity index (χ3v) is 6.24. The predicted molar refractivity (Wildman–Crippen MR) is 119 cm³/mol. The second kappa shape index (κ2) is 9.28. The zero-order valence-electron chi connectivity index (χ0n) is 16.6. The number of amides is 1. The van der Waals surface area contributed by atoms with E-state index in [-0.39, 0.29) is 11.5 Å². The first-order valence-electron chi connectivity index (χ1n) is 9.87. The van der Waals surface area contributed by atoms with Crippen LogP contribution in [0.25, 0.3) is 10.9 Å². The smallest absolute Gasteiger partial charge is 0.262 e. The maximum absolute atomic E-state index is 13.4. The van der Waals surface area contributed by atoms with Crippen molar-refractivity contribution in [2.45, 2.75) is 17.0 Å². The topological polar surface area (TPSA) is 64.4 Å². The molecule has 0 bridgehead atoms. The summed E-state index contributed by atoms with van der Waals surface area (Å²) in [6.45, 7) is 6.30. The van der Waals surface area contributed by atoms with Gasteiger partial charge in [-0.3, -0.25) is 14.2 Å². The average molecular weight is 422 g/mol. The van der Waals surface area contributed by atoms with Crippen LogP contribution in [0.5, 0.6) is 0 Å². The highest BCUT2D eigenvalue weighted by Crippen LogP contribution is 2.36. The van der Waals surface area contributed by atoms with Gasteiger partial charge >= 0.3 is 0 Å². The van der Waals surface area contributed by atoms with Crippen molar-refractivity contribution in [3.63, 3.8) is 0 Å². The van der Waals surface area contributed by atoms with Gasteiger partial charge in [0, 0.05) is 19.6 Å². The number of rotatable bonds is 6. The molecule has 3 aromatic rings. The molecule has 0 aliphatic carbocycles. The maximum Gasteiger partial charge on any atom is 0.262 e. The molecule has 1 fully saturated rings. The van der Waals surface area contributed by atoms with E-state index in [1.54, 1.807) is 16.7 Å². The summed E-state index contributed by atoms with van der Waals surface area (Å²) in [6, 6.07) is 16.9. The fraction of sp³-hybridized carbons (Fsp3) is 0.261. The Balaban J connectivity index is 1.78. The second-order valence-corrected chi connectivity index (χ2v) is 8.03. The number of fused-ring (bicyclic) bond motifs is 1. The van der Waals surface area contributed by atoms with Gasteiger partial charge in [-0.1, -0.05) is 60.3 Å². The Kier molecular flexibility index (Phi) is 6.30. The van der Waals surface area contributed by atoms with Crippen LogP contribution in [0.1, 0.15) is 10.8 Å². The number of para-hydroxylation sites is 1. The maximum atomic E-state index is 13.4. The van der Waals surface area contributed by atoms with Crippen LogP contribution in [-0.2, 0) is 16.1 Å². The third kappa shape index (κ3) is 4.17. The minimum Gasteiger partial charge on any atom is -0.378 e. The largest absolute Gasteiger partial charge is 0.378 e. The van der Waals surface area contributed by atoms with Gasteiger partial charge < -0.3 is 9.64 Å². The number of hydrogen-bond acceptors (Lipinski definition) is 5. The highest BCUT2D eigenvalue weighted by Gasteiger charge is 2.30. The molecule has 1 aromatic heterocycles. The number of carbonyl (C=O) groups excluding carboxylic acids is 1. The summed E-state index contributed by atoms with van der Waals surface area (Å²) >= 11 is 1.31. The van der Waals surface area contributed by atoms with Gasteiger partial charge in [0.25, 0.3) is 5.56 Å². The molecule has 0 radical (unpaired) electrons. The van der Waals surface area contributed by atoms with Crippen LogP contribution < -0.4 is 5.56 Å². The Labute approximate surface area is 179 Å². The fourth-order valence-electron chi connectivity index (χ4n) is 3.47. The molecule has 1 atom stereocenters. The molecule has 154 valence electrons. The third-order valence-electron chi connectivity index (χ3n) is 5.01. The molecule has 7 heteroatoms. The van der Waals surface area contributed by atoms with Gasteiger partial charge in [-0.25, -0.2) is 4.98 Å². The van der Waals surface area contributed by atoms with E-state index in [9.17, 15) is 9.59 Å². The van der Waals surface area contributed by atoms with Crippen molar-refractivity contribution in [2.75, 3.05) is 26.3 Å². The van der Waals surface area contributed by atoms with Crippen molar-refractivity contribution in [1.82, 2.24) is 14.5 Å². The molecule has 0 spiro atoms. The lowest BCUT2D eigenvalue weighted by molar-refractivity contribution is -0.134. The van der Waals surface area contributed by atoms with E-state index in [4.69, 9.17) is 9.72 Å². The van der Waals surface area contributed by atoms with Crippen LogP contribution >= 0.6 is 11.8 Å². The Bertz CT molecular complexity index is 1110. The summed E-state index contributed by atoms with van der Waals surface area (Å²) < 4.78 is 6.98. The number of ether oxygens (including phenoxy) is 1. The van der Waals surface area contributed by atoms with Crippen molar-refractivity contribution in [2.24, 2.45) is 0 Å². The summed E-state index contributed by atoms with van der Waals surface area (Å²) in [5.74, 6) is 0.00191. The number of hydrogen-bond donors (Lipinski definition) is 0. The Hall–Kier alpha value is -2.90. The van der Waals surface area contributed by atoms with Crippen molar-refractivity contribution in [3.05, 3.63) is 83.2 Å². The molecule has 1 amide bonds. The summed E-state index contributed by atoms with van der Waals surface area (Å²) in [4.78, 5) is 33.1. The monoisotopic (exact) mass is 421 g/mol. The number of morpholine rings is 1. The summed E-state index contributed by atoms with van der Waals surface area (Å²) in [7, 11) is 0. The molecule has 0 N–H and O–H groups in total. The van der Waals surface area contributed by atoms with E-state index in [1.165, 1.54) is 11.8 Å². The summed E-state index contributed by atoms with van der Waals surface area (Å²) in [5.41, 5.74) is 1.37. The molecule has 1 saturated heterocycles. The van der Waals surface area contributed by atoms with Gasteiger partial charge in [0.05, 0.1) is 24.1 Å². The SMILES string of the molecule is C=CCn1c(S[C@H](C(=O)N2CCOCC2)c2ccccc2)nc2ccccc2c1=O. The molecule has 1 aliphatic heterocycles. The predicted octanol–water partition coefficient (Wildman–Crippen LogP) is 3.27. The first kappa shape index (κ1) is 20.4. The Morgan fingerprint density at radius 3 is 2.57 bits per heavy atom. The molecular formula is C23H23N3O3S. The fourth-order valence-corrected chi connectivity index (χ4v) is 4.66. The van der Waals surface area contributed by atoms with Crippen LogP contribution in [0.4, 0.5) is 0 Å². The summed E-state index contributed by atoms with van der Waals surface area (Å²) in [5, 5.41) is 0.557. The van der Waals surface area contributed by atoms with E-state index in [0.717, 1.165) is 5.56 Å². The molecule has 6 nitrogen and oxygen atoms in total. The van der Waals surface area contributed by atoms with E-state index < -0.39 is 5.25 Å². The van der Waals surface area contributed by atoms with Crippen LogP contribution in [0, 0.1) is 0 Å². The van der Waals surface area contributed by atoms with Crippen molar-refractivity contribution in [1.29, 1.82) is 0 Å². The minimum absolute atomic E-state index is 0.00191. The standard InChI is InChI=1S/C23H23N3O3S/c1-2-12-26-21(27)18-10-6-7-11-19(18)24-23(26)30-20(17-8-4-3-5-9-17)22(28)25-13-15-29-16-14-25/h2-11,20H,1,12-16H2/t20-/m0/s1. The number of aromatic nitrogens is 2. The van der Waals surface area contributed by atoms with E-state index in [0.29, 0.717) is 48.9 Å². The van der Waals surface area contributed by atoms with Crippen LogP contribution in [0.3, 0.4) is 0 Å². The molecule has 2 aromatic carbocycles. The molecular weight excluding hydrogens is 398 g/mol. The van der Waals surface area contributed by atoms with Gasteiger partial charge in [-0.2, -0.15) is 0 Å². The van der Waals surface area contributed by atoms with Crippen molar-refractivity contribution < 1.29 is 9.53 Å². The molecule has 30 heavy (non-hydrogen) atoms. The van der Waals surface area contributed by atoms with Crippen molar-refractivity contribution >= 4 is 28.6 Å². The number of carbonyl (C=O) groups is 1. The van der Waals surface area contributed by atoms with Crippen molar-refractivity contribution in [3.8, 4) is 0 Å². The second-order valence-electron chi connectivity index (χ2n) is 6.96. The normalized spacial score (nSPS) is 15.1.